The molecule has 2 aromatic carbocycles. The van der Waals surface area contributed by atoms with Crippen molar-refractivity contribution in [1.82, 2.24) is 10.2 Å². The van der Waals surface area contributed by atoms with Gasteiger partial charge in [0.2, 0.25) is 5.13 Å². The molecular weight excluding hydrogens is 548 g/mol. The van der Waals surface area contributed by atoms with E-state index < -0.39 is 15.9 Å². The standard InChI is InChI=1S/C17H14Br2N4O4S2/c1-2-14-21-22-17(28-14)23-29(26,27)11-5-3-10(4-6-11)20-16(25)12-7-9(18)8-13(19)15(12)24/h3-8,24H,2H2,1H3,(H,20,25)(H,22,23). The van der Waals surface area contributed by atoms with E-state index in [4.69, 9.17) is 0 Å². The topological polar surface area (TPSA) is 121 Å². The van der Waals surface area contributed by atoms with E-state index >= 15 is 0 Å². The lowest BCUT2D eigenvalue weighted by atomic mass is 10.2. The van der Waals surface area contributed by atoms with Gasteiger partial charge in [-0.1, -0.05) is 34.2 Å². The second-order valence-corrected chi connectivity index (χ2v) is 10.2. The van der Waals surface area contributed by atoms with Crippen LogP contribution in [-0.4, -0.2) is 29.6 Å². The molecule has 0 saturated carbocycles. The number of phenols is 1. The van der Waals surface area contributed by atoms with Crippen molar-refractivity contribution in [3.05, 3.63) is 55.9 Å². The van der Waals surface area contributed by atoms with Crippen LogP contribution in [0.2, 0.25) is 0 Å². The number of benzene rings is 2. The van der Waals surface area contributed by atoms with Crippen LogP contribution in [-0.2, 0) is 16.4 Å². The van der Waals surface area contributed by atoms with Crippen molar-refractivity contribution in [3.63, 3.8) is 0 Å². The molecule has 1 aromatic heterocycles. The largest absolute Gasteiger partial charge is 0.506 e. The number of hydrogen-bond donors (Lipinski definition) is 3. The lowest BCUT2D eigenvalue weighted by Gasteiger charge is -2.10. The first kappa shape index (κ1) is 21.7. The summed E-state index contributed by atoms with van der Waals surface area (Å²) >= 11 is 7.60. The Morgan fingerprint density at radius 2 is 1.86 bits per heavy atom. The third-order valence-corrected chi connectivity index (χ3v) is 7.22. The number of aromatic hydroxyl groups is 1. The highest BCUT2D eigenvalue weighted by Gasteiger charge is 2.18. The second kappa shape index (κ2) is 8.78. The first-order valence-corrected chi connectivity index (χ1v) is 12.0. The fraction of sp³-hybridized carbons (Fsp3) is 0.118. The number of hydrogen-bond acceptors (Lipinski definition) is 7. The molecule has 12 heteroatoms. The Kier molecular flexibility index (Phi) is 6.56. The molecule has 3 N–H and O–H groups in total. The van der Waals surface area contributed by atoms with Gasteiger partial charge in [0.1, 0.15) is 10.8 Å². The third kappa shape index (κ3) is 5.13. The predicted octanol–water partition coefficient (Wildman–Crippen LogP) is 4.38. The molecule has 0 unspecified atom stereocenters. The van der Waals surface area contributed by atoms with Crippen molar-refractivity contribution < 1.29 is 18.3 Å². The van der Waals surface area contributed by atoms with Crippen molar-refractivity contribution >= 4 is 69.9 Å². The minimum absolute atomic E-state index is 0.0109. The number of nitrogens with zero attached hydrogens (tertiary/aromatic N) is 2. The molecule has 0 radical (unpaired) electrons. The average molecular weight is 562 g/mol. The fourth-order valence-corrected chi connectivity index (χ4v) is 5.40. The molecule has 29 heavy (non-hydrogen) atoms. The quantitative estimate of drug-likeness (QED) is 0.410. The molecule has 0 aliphatic heterocycles. The molecule has 0 saturated heterocycles. The maximum absolute atomic E-state index is 12.5. The minimum Gasteiger partial charge on any atom is -0.506 e. The molecule has 0 fully saturated rings. The molecule has 3 aromatic rings. The number of rotatable bonds is 6. The van der Waals surface area contributed by atoms with Crippen LogP contribution in [0.1, 0.15) is 22.3 Å². The predicted molar refractivity (Wildman–Crippen MR) is 118 cm³/mol. The zero-order chi connectivity index (χ0) is 21.2. The second-order valence-electron chi connectivity index (χ2n) is 5.72. The van der Waals surface area contributed by atoms with Crippen LogP contribution in [0.4, 0.5) is 10.8 Å². The number of carbonyl (C=O) groups excluding carboxylic acids is 1. The van der Waals surface area contributed by atoms with Crippen LogP contribution >= 0.6 is 43.2 Å². The molecule has 0 aliphatic rings. The zero-order valence-electron chi connectivity index (χ0n) is 14.8. The summed E-state index contributed by atoms with van der Waals surface area (Å²) in [5, 5.41) is 21.3. The Labute approximate surface area is 187 Å². The number of nitrogens with one attached hydrogen (secondary N) is 2. The average Bonchev–Trinajstić information content (AvgIpc) is 3.12. The summed E-state index contributed by atoms with van der Waals surface area (Å²) in [6.07, 6.45) is 0.665. The van der Waals surface area contributed by atoms with Gasteiger partial charge in [-0.15, -0.1) is 10.2 Å². The van der Waals surface area contributed by atoms with Crippen molar-refractivity contribution in [2.75, 3.05) is 10.0 Å². The fourth-order valence-electron chi connectivity index (χ4n) is 2.27. The SMILES string of the molecule is CCc1nnc(NS(=O)(=O)c2ccc(NC(=O)c3cc(Br)cc(Br)c3O)cc2)s1. The summed E-state index contributed by atoms with van der Waals surface area (Å²) in [6, 6.07) is 8.71. The molecule has 152 valence electrons. The van der Waals surface area contributed by atoms with Crippen molar-refractivity contribution in [2.45, 2.75) is 18.2 Å². The van der Waals surface area contributed by atoms with Gasteiger partial charge in [-0.05, 0) is 58.7 Å². The number of phenolic OH excluding ortho intramolecular Hbond substituents is 1. The van der Waals surface area contributed by atoms with E-state index in [9.17, 15) is 18.3 Å². The number of anilines is 2. The molecule has 0 spiro atoms. The van der Waals surface area contributed by atoms with Gasteiger partial charge in [0.15, 0.2) is 0 Å². The molecule has 1 amide bonds. The number of aromatic nitrogens is 2. The molecular formula is C17H14Br2N4O4S2. The Morgan fingerprint density at radius 3 is 2.48 bits per heavy atom. The van der Waals surface area contributed by atoms with Crippen molar-refractivity contribution in [1.29, 1.82) is 0 Å². The highest BCUT2D eigenvalue weighted by Crippen LogP contribution is 2.32. The van der Waals surface area contributed by atoms with Crippen LogP contribution in [0, 0.1) is 0 Å². The highest BCUT2D eigenvalue weighted by molar-refractivity contribution is 9.11. The van der Waals surface area contributed by atoms with E-state index in [1.165, 1.54) is 41.7 Å². The summed E-state index contributed by atoms with van der Waals surface area (Å²) in [4.78, 5) is 12.4. The Bertz CT molecular complexity index is 1160. The van der Waals surface area contributed by atoms with Crippen LogP contribution in [0.25, 0.3) is 0 Å². The Balaban J connectivity index is 1.75. The lowest BCUT2D eigenvalue weighted by molar-refractivity contribution is 0.102. The summed E-state index contributed by atoms with van der Waals surface area (Å²) in [7, 11) is -3.83. The first-order chi connectivity index (χ1) is 13.7. The minimum atomic E-state index is -3.83. The molecule has 8 nitrogen and oxygen atoms in total. The molecule has 1 heterocycles. The van der Waals surface area contributed by atoms with Gasteiger partial charge < -0.3 is 10.4 Å². The Hall–Kier alpha value is -2.02. The van der Waals surface area contributed by atoms with Gasteiger partial charge >= 0.3 is 0 Å². The molecule has 0 bridgehead atoms. The lowest BCUT2D eigenvalue weighted by Crippen LogP contribution is -2.14. The number of amides is 1. The maximum atomic E-state index is 12.5. The number of sulfonamides is 1. The Morgan fingerprint density at radius 1 is 1.17 bits per heavy atom. The molecule has 0 aliphatic carbocycles. The highest BCUT2D eigenvalue weighted by atomic mass is 79.9. The number of aryl methyl sites for hydroxylation is 1. The van der Waals surface area contributed by atoms with Gasteiger partial charge in [-0.25, -0.2) is 8.42 Å². The smallest absolute Gasteiger partial charge is 0.263 e. The van der Waals surface area contributed by atoms with E-state index in [-0.39, 0.29) is 21.3 Å². The van der Waals surface area contributed by atoms with Crippen molar-refractivity contribution in [3.8, 4) is 5.75 Å². The zero-order valence-corrected chi connectivity index (χ0v) is 19.6. The summed E-state index contributed by atoms with van der Waals surface area (Å²) in [5.41, 5.74) is 0.432. The van der Waals surface area contributed by atoms with E-state index in [1.807, 2.05) is 6.92 Å². The first-order valence-electron chi connectivity index (χ1n) is 8.14. The van der Waals surface area contributed by atoms with Gasteiger partial charge in [0.05, 0.1) is 14.9 Å². The van der Waals surface area contributed by atoms with Gasteiger partial charge in [0.25, 0.3) is 15.9 Å². The van der Waals surface area contributed by atoms with E-state index in [1.54, 1.807) is 6.07 Å². The summed E-state index contributed by atoms with van der Waals surface area (Å²) in [6.45, 7) is 1.90. The van der Waals surface area contributed by atoms with E-state index in [0.717, 1.165) is 5.01 Å². The third-order valence-electron chi connectivity index (χ3n) is 3.69. The maximum Gasteiger partial charge on any atom is 0.263 e. The van der Waals surface area contributed by atoms with Crippen LogP contribution in [0.15, 0.2) is 50.2 Å². The summed E-state index contributed by atoms with van der Waals surface area (Å²) < 4.78 is 28.3. The van der Waals surface area contributed by atoms with Gasteiger partial charge in [0, 0.05) is 10.2 Å². The molecule has 3 rings (SSSR count). The van der Waals surface area contributed by atoms with Gasteiger partial charge in [-0.3, -0.25) is 9.52 Å². The van der Waals surface area contributed by atoms with Gasteiger partial charge in [-0.2, -0.15) is 0 Å². The van der Waals surface area contributed by atoms with Crippen LogP contribution in [0.5, 0.6) is 5.75 Å². The van der Waals surface area contributed by atoms with E-state index in [0.29, 0.717) is 21.1 Å². The monoisotopic (exact) mass is 560 g/mol. The van der Waals surface area contributed by atoms with Crippen LogP contribution < -0.4 is 10.0 Å². The normalized spacial score (nSPS) is 11.3. The number of halogens is 2. The number of carbonyl (C=O) groups is 1. The van der Waals surface area contributed by atoms with Crippen molar-refractivity contribution in [2.24, 2.45) is 0 Å². The summed E-state index contributed by atoms with van der Waals surface area (Å²) in [5.74, 6) is -0.739. The van der Waals surface area contributed by atoms with Crippen LogP contribution in [0.3, 0.4) is 0 Å². The molecule has 0 atom stereocenters. The van der Waals surface area contributed by atoms with E-state index in [2.05, 4.69) is 52.1 Å².